The molecule has 0 radical (unpaired) electrons. The maximum Gasteiger partial charge on any atom is 0.235 e. The van der Waals surface area contributed by atoms with Crippen LogP contribution in [0.4, 0.5) is 5.69 Å². The van der Waals surface area contributed by atoms with E-state index in [-0.39, 0.29) is 17.4 Å². The zero-order chi connectivity index (χ0) is 13.9. The van der Waals surface area contributed by atoms with Crippen LogP contribution >= 0.6 is 0 Å². The fraction of sp³-hybridized carbons (Fsp3) is 0.571. The van der Waals surface area contributed by atoms with Crippen LogP contribution in [0, 0.1) is 5.92 Å². The minimum Gasteiger partial charge on any atom is -0.508 e. The number of hydrogen-bond acceptors (Lipinski definition) is 3. The lowest BCUT2D eigenvalue weighted by atomic mass is 9.91. The number of anilines is 1. The van der Waals surface area contributed by atoms with Gasteiger partial charge in [-0.3, -0.25) is 4.31 Å². The number of hydrogen-bond donors (Lipinski definition) is 1. The van der Waals surface area contributed by atoms with Gasteiger partial charge in [-0.2, -0.15) is 0 Å². The highest BCUT2D eigenvalue weighted by Gasteiger charge is 2.25. The number of benzene rings is 1. The van der Waals surface area contributed by atoms with Crippen LogP contribution in [-0.2, 0) is 10.0 Å². The molecule has 2 rings (SSSR count). The smallest absolute Gasteiger partial charge is 0.235 e. The Morgan fingerprint density at radius 1 is 1.26 bits per heavy atom. The van der Waals surface area contributed by atoms with Gasteiger partial charge in [0, 0.05) is 13.1 Å². The van der Waals surface area contributed by atoms with E-state index in [0.29, 0.717) is 5.69 Å². The van der Waals surface area contributed by atoms with Crippen molar-refractivity contribution >= 4 is 15.7 Å². The average Bonchev–Trinajstić information content (AvgIpc) is 2.38. The third kappa shape index (κ3) is 3.62. The molecule has 5 heteroatoms. The summed E-state index contributed by atoms with van der Waals surface area (Å²) in [4.78, 5) is 0. The van der Waals surface area contributed by atoms with Gasteiger partial charge in [0.05, 0.1) is 11.4 Å². The summed E-state index contributed by atoms with van der Waals surface area (Å²) < 4.78 is 26.0. The van der Waals surface area contributed by atoms with Crippen molar-refractivity contribution in [2.45, 2.75) is 32.1 Å². The van der Waals surface area contributed by atoms with Crippen LogP contribution in [0.15, 0.2) is 24.3 Å². The monoisotopic (exact) mass is 283 g/mol. The van der Waals surface area contributed by atoms with Crippen LogP contribution in [0.5, 0.6) is 5.75 Å². The molecule has 0 unspecified atom stereocenters. The molecule has 1 aromatic carbocycles. The van der Waals surface area contributed by atoms with Gasteiger partial charge in [0.2, 0.25) is 10.0 Å². The first-order chi connectivity index (χ1) is 8.99. The van der Waals surface area contributed by atoms with E-state index in [1.165, 1.54) is 22.9 Å². The predicted molar refractivity (Wildman–Crippen MR) is 76.9 cm³/mol. The van der Waals surface area contributed by atoms with Gasteiger partial charge < -0.3 is 5.11 Å². The molecule has 0 spiro atoms. The Labute approximate surface area is 115 Å². The van der Waals surface area contributed by atoms with Crippen LogP contribution in [0.25, 0.3) is 0 Å². The van der Waals surface area contributed by atoms with Gasteiger partial charge >= 0.3 is 0 Å². The van der Waals surface area contributed by atoms with Crippen molar-refractivity contribution in [2.24, 2.45) is 5.92 Å². The predicted octanol–water partition coefficient (Wildman–Crippen LogP) is 2.74. The molecule has 0 amide bonds. The minimum atomic E-state index is -3.31. The van der Waals surface area contributed by atoms with Crippen molar-refractivity contribution in [2.75, 3.05) is 17.1 Å². The lowest BCUT2D eigenvalue weighted by molar-refractivity contribution is 0.385. The molecule has 1 aliphatic rings. The van der Waals surface area contributed by atoms with Crippen LogP contribution in [-0.4, -0.2) is 26.3 Å². The van der Waals surface area contributed by atoms with Gasteiger partial charge in [-0.1, -0.05) is 25.3 Å². The molecule has 106 valence electrons. The summed E-state index contributed by atoms with van der Waals surface area (Å²) in [5.41, 5.74) is 0.510. The second-order valence-corrected chi connectivity index (χ2v) is 7.31. The second-order valence-electron chi connectivity index (χ2n) is 5.27. The molecule has 0 atom stereocenters. The van der Waals surface area contributed by atoms with Crippen LogP contribution in [0.3, 0.4) is 0 Å². The molecule has 1 aromatic rings. The van der Waals surface area contributed by atoms with Gasteiger partial charge in [-0.15, -0.1) is 0 Å². The maximum atomic E-state index is 12.4. The third-order valence-corrected chi connectivity index (χ3v) is 5.72. The van der Waals surface area contributed by atoms with E-state index in [1.54, 1.807) is 19.2 Å². The minimum absolute atomic E-state index is 0.0808. The van der Waals surface area contributed by atoms with E-state index < -0.39 is 10.0 Å². The highest BCUT2D eigenvalue weighted by molar-refractivity contribution is 7.92. The molecule has 1 N–H and O–H groups in total. The summed E-state index contributed by atoms with van der Waals surface area (Å²) in [5, 5.41) is 9.43. The van der Waals surface area contributed by atoms with Crippen LogP contribution in [0.1, 0.15) is 32.1 Å². The summed E-state index contributed by atoms with van der Waals surface area (Å²) in [6.45, 7) is 0. The van der Waals surface area contributed by atoms with Crippen LogP contribution in [0.2, 0.25) is 0 Å². The third-order valence-electron chi connectivity index (χ3n) is 3.78. The standard InChI is InChI=1S/C14H21NO3S/c1-15(13-8-5-9-14(16)10-13)19(17,18)11-12-6-3-2-4-7-12/h5,8-10,12,16H,2-4,6-7,11H2,1H3. The number of rotatable bonds is 4. The summed E-state index contributed by atoms with van der Waals surface area (Å²) in [6.07, 6.45) is 5.51. The normalized spacial score (nSPS) is 17.3. The second kappa shape index (κ2) is 5.82. The molecular weight excluding hydrogens is 262 g/mol. The molecular formula is C14H21NO3S. The fourth-order valence-electron chi connectivity index (χ4n) is 2.61. The Morgan fingerprint density at radius 2 is 1.95 bits per heavy atom. The molecule has 1 fully saturated rings. The first-order valence-electron chi connectivity index (χ1n) is 6.75. The molecule has 1 aliphatic carbocycles. The SMILES string of the molecule is CN(c1cccc(O)c1)S(=O)(=O)CC1CCCCC1. The summed E-state index contributed by atoms with van der Waals surface area (Å²) in [6, 6.07) is 6.35. The van der Waals surface area contributed by atoms with Gasteiger partial charge in [-0.25, -0.2) is 8.42 Å². The maximum absolute atomic E-state index is 12.4. The summed E-state index contributed by atoms with van der Waals surface area (Å²) in [7, 11) is -1.76. The number of phenolic OH excluding ortho intramolecular Hbond substituents is 1. The van der Waals surface area contributed by atoms with Crippen molar-refractivity contribution in [3.63, 3.8) is 0 Å². The number of phenols is 1. The highest BCUT2D eigenvalue weighted by Crippen LogP contribution is 2.27. The fourth-order valence-corrected chi connectivity index (χ4v) is 4.20. The molecule has 0 aliphatic heterocycles. The lowest BCUT2D eigenvalue weighted by Crippen LogP contribution is -2.32. The topological polar surface area (TPSA) is 57.6 Å². The molecule has 19 heavy (non-hydrogen) atoms. The quantitative estimate of drug-likeness (QED) is 0.924. The lowest BCUT2D eigenvalue weighted by Gasteiger charge is -2.25. The van der Waals surface area contributed by atoms with E-state index in [4.69, 9.17) is 0 Å². The summed E-state index contributed by atoms with van der Waals surface area (Å²) in [5.74, 6) is 0.565. The van der Waals surface area contributed by atoms with E-state index in [9.17, 15) is 13.5 Å². The van der Waals surface area contributed by atoms with E-state index >= 15 is 0 Å². The first kappa shape index (κ1) is 14.2. The van der Waals surface area contributed by atoms with Crippen molar-refractivity contribution in [3.8, 4) is 5.75 Å². The summed E-state index contributed by atoms with van der Waals surface area (Å²) >= 11 is 0. The van der Waals surface area contributed by atoms with Crippen molar-refractivity contribution < 1.29 is 13.5 Å². The number of aromatic hydroxyl groups is 1. The largest absolute Gasteiger partial charge is 0.508 e. The Bertz CT molecular complexity index is 521. The van der Waals surface area contributed by atoms with E-state index in [0.717, 1.165) is 25.7 Å². The highest BCUT2D eigenvalue weighted by atomic mass is 32.2. The average molecular weight is 283 g/mol. The first-order valence-corrected chi connectivity index (χ1v) is 8.35. The van der Waals surface area contributed by atoms with E-state index in [1.807, 2.05) is 0 Å². The molecule has 0 aromatic heterocycles. The zero-order valence-electron chi connectivity index (χ0n) is 11.2. The van der Waals surface area contributed by atoms with Gasteiger partial charge in [0.1, 0.15) is 5.75 Å². The van der Waals surface area contributed by atoms with Crippen molar-refractivity contribution in [1.82, 2.24) is 0 Å². The van der Waals surface area contributed by atoms with Gasteiger partial charge in [0.25, 0.3) is 0 Å². The van der Waals surface area contributed by atoms with Gasteiger partial charge in [0.15, 0.2) is 0 Å². The van der Waals surface area contributed by atoms with Crippen LogP contribution < -0.4 is 4.31 Å². The molecule has 0 heterocycles. The molecule has 0 saturated heterocycles. The van der Waals surface area contributed by atoms with Crippen molar-refractivity contribution in [3.05, 3.63) is 24.3 Å². The van der Waals surface area contributed by atoms with E-state index in [2.05, 4.69) is 0 Å². The molecule has 4 nitrogen and oxygen atoms in total. The van der Waals surface area contributed by atoms with Crippen molar-refractivity contribution in [1.29, 1.82) is 0 Å². The zero-order valence-corrected chi connectivity index (χ0v) is 12.1. The Morgan fingerprint density at radius 3 is 2.58 bits per heavy atom. The molecule has 1 saturated carbocycles. The Kier molecular flexibility index (Phi) is 4.34. The van der Waals surface area contributed by atoms with Gasteiger partial charge in [-0.05, 0) is 30.9 Å². The Balaban J connectivity index is 2.10. The number of nitrogens with zero attached hydrogens (tertiary/aromatic N) is 1. The Hall–Kier alpha value is -1.23. The molecule has 0 bridgehead atoms. The number of sulfonamides is 1.